The van der Waals surface area contributed by atoms with Crippen LogP contribution in [0, 0.1) is 0 Å². The number of hydrogen-bond acceptors (Lipinski definition) is 4. The molecular formula is C14H20N4O. The zero-order chi connectivity index (χ0) is 13.8. The molecule has 0 N–H and O–H groups in total. The summed E-state index contributed by atoms with van der Waals surface area (Å²) >= 11 is 0. The largest absolute Gasteiger partial charge is 0.305 e. The van der Waals surface area contributed by atoms with E-state index < -0.39 is 0 Å². The van der Waals surface area contributed by atoms with Crippen molar-refractivity contribution >= 4 is 10.9 Å². The highest BCUT2D eigenvalue weighted by molar-refractivity contribution is 5.75. The van der Waals surface area contributed by atoms with Crippen LogP contribution in [0.1, 0.15) is 19.8 Å². The SMILES string of the molecule is CCCC(Cn1cnc2cnccc2c1=O)N(C)C. The minimum atomic E-state index is 0.00959. The number of rotatable bonds is 5. The topological polar surface area (TPSA) is 51.0 Å². The molecule has 0 aliphatic rings. The van der Waals surface area contributed by atoms with Crippen LogP contribution in [-0.4, -0.2) is 39.6 Å². The van der Waals surface area contributed by atoms with E-state index in [9.17, 15) is 4.79 Å². The zero-order valence-electron chi connectivity index (χ0n) is 11.7. The van der Waals surface area contributed by atoms with E-state index in [0.29, 0.717) is 23.5 Å². The van der Waals surface area contributed by atoms with Gasteiger partial charge in [-0.05, 0) is 26.6 Å². The second-order valence-corrected chi connectivity index (χ2v) is 5.00. The van der Waals surface area contributed by atoms with Crippen LogP contribution in [-0.2, 0) is 6.54 Å². The van der Waals surface area contributed by atoms with E-state index >= 15 is 0 Å². The molecule has 0 radical (unpaired) electrons. The lowest BCUT2D eigenvalue weighted by Crippen LogP contribution is -2.35. The normalized spacial score (nSPS) is 13.1. The molecule has 0 bridgehead atoms. The Bertz CT molecular complexity index is 606. The average Bonchev–Trinajstić information content (AvgIpc) is 2.41. The van der Waals surface area contributed by atoms with Crippen molar-refractivity contribution in [3.63, 3.8) is 0 Å². The molecule has 2 heterocycles. The van der Waals surface area contributed by atoms with Gasteiger partial charge in [0.05, 0.1) is 23.4 Å². The monoisotopic (exact) mass is 260 g/mol. The molecule has 2 aromatic rings. The lowest BCUT2D eigenvalue weighted by Gasteiger charge is -2.24. The number of fused-ring (bicyclic) bond motifs is 1. The first kappa shape index (κ1) is 13.7. The van der Waals surface area contributed by atoms with E-state index in [1.807, 2.05) is 14.1 Å². The quantitative estimate of drug-likeness (QED) is 0.818. The van der Waals surface area contributed by atoms with E-state index in [0.717, 1.165) is 12.8 Å². The molecule has 2 rings (SSSR count). The number of nitrogens with zero attached hydrogens (tertiary/aromatic N) is 4. The summed E-state index contributed by atoms with van der Waals surface area (Å²) < 4.78 is 1.70. The van der Waals surface area contributed by atoms with Crippen molar-refractivity contribution in [1.82, 2.24) is 19.4 Å². The van der Waals surface area contributed by atoms with Crippen LogP contribution in [0.4, 0.5) is 0 Å². The predicted octanol–water partition coefficient (Wildman–Crippen LogP) is 1.52. The maximum absolute atomic E-state index is 12.4. The summed E-state index contributed by atoms with van der Waals surface area (Å²) in [6.07, 6.45) is 7.04. The van der Waals surface area contributed by atoms with Crippen LogP contribution in [0.25, 0.3) is 10.9 Å². The summed E-state index contributed by atoms with van der Waals surface area (Å²) in [7, 11) is 4.09. The molecule has 0 amide bonds. The average molecular weight is 260 g/mol. The highest BCUT2D eigenvalue weighted by Crippen LogP contribution is 2.07. The van der Waals surface area contributed by atoms with Crippen molar-refractivity contribution in [2.75, 3.05) is 14.1 Å². The van der Waals surface area contributed by atoms with Gasteiger partial charge in [-0.1, -0.05) is 13.3 Å². The lowest BCUT2D eigenvalue weighted by atomic mass is 10.1. The summed E-state index contributed by atoms with van der Waals surface area (Å²) in [5, 5.41) is 0.631. The smallest absolute Gasteiger partial charge is 0.261 e. The van der Waals surface area contributed by atoms with Crippen LogP contribution < -0.4 is 5.56 Å². The third-order valence-electron chi connectivity index (χ3n) is 3.39. The molecule has 0 saturated heterocycles. The number of pyridine rings is 1. The zero-order valence-corrected chi connectivity index (χ0v) is 11.7. The predicted molar refractivity (Wildman–Crippen MR) is 76.2 cm³/mol. The van der Waals surface area contributed by atoms with Gasteiger partial charge >= 0.3 is 0 Å². The Morgan fingerprint density at radius 2 is 2.21 bits per heavy atom. The molecule has 0 aliphatic heterocycles. The van der Waals surface area contributed by atoms with Gasteiger partial charge in [-0.2, -0.15) is 0 Å². The Hall–Kier alpha value is -1.75. The first-order chi connectivity index (χ1) is 9.13. The third kappa shape index (κ3) is 2.98. The van der Waals surface area contributed by atoms with Gasteiger partial charge in [0.2, 0.25) is 0 Å². The van der Waals surface area contributed by atoms with Crippen molar-refractivity contribution in [2.45, 2.75) is 32.4 Å². The summed E-state index contributed by atoms with van der Waals surface area (Å²) in [4.78, 5) is 22.8. The fourth-order valence-electron chi connectivity index (χ4n) is 2.21. The minimum absolute atomic E-state index is 0.00959. The molecule has 0 aromatic carbocycles. The summed E-state index contributed by atoms with van der Waals surface area (Å²) in [5.41, 5.74) is 0.663. The molecule has 0 saturated carbocycles. The fourth-order valence-corrected chi connectivity index (χ4v) is 2.21. The first-order valence-corrected chi connectivity index (χ1v) is 6.59. The van der Waals surface area contributed by atoms with Crippen molar-refractivity contribution in [1.29, 1.82) is 0 Å². The molecule has 5 heteroatoms. The Morgan fingerprint density at radius 3 is 2.89 bits per heavy atom. The van der Waals surface area contributed by atoms with Crippen LogP contribution in [0.15, 0.2) is 29.6 Å². The van der Waals surface area contributed by atoms with E-state index in [1.165, 1.54) is 0 Å². The van der Waals surface area contributed by atoms with E-state index in [2.05, 4.69) is 21.8 Å². The molecule has 0 spiro atoms. The van der Waals surface area contributed by atoms with Crippen LogP contribution >= 0.6 is 0 Å². The van der Waals surface area contributed by atoms with Gasteiger partial charge in [0.25, 0.3) is 5.56 Å². The van der Waals surface area contributed by atoms with E-state index in [1.54, 1.807) is 29.4 Å². The maximum atomic E-state index is 12.4. The second-order valence-electron chi connectivity index (χ2n) is 5.00. The second kappa shape index (κ2) is 5.93. The highest BCUT2D eigenvalue weighted by Gasteiger charge is 2.13. The molecule has 0 fully saturated rings. The van der Waals surface area contributed by atoms with Gasteiger partial charge < -0.3 is 4.90 Å². The third-order valence-corrected chi connectivity index (χ3v) is 3.39. The fraction of sp³-hybridized carbons (Fsp3) is 0.500. The van der Waals surface area contributed by atoms with Gasteiger partial charge in [-0.25, -0.2) is 4.98 Å². The van der Waals surface area contributed by atoms with Crippen molar-refractivity contribution in [2.24, 2.45) is 0 Å². The Labute approximate surface area is 112 Å². The van der Waals surface area contributed by atoms with Crippen molar-refractivity contribution in [3.05, 3.63) is 35.1 Å². The number of aromatic nitrogens is 3. The standard InChI is InChI=1S/C14H20N4O/c1-4-5-11(17(2)3)9-18-10-16-13-8-15-7-6-12(13)14(18)19/h6-8,10-11H,4-5,9H2,1-3H3. The highest BCUT2D eigenvalue weighted by atomic mass is 16.1. The molecule has 19 heavy (non-hydrogen) atoms. The summed E-state index contributed by atoms with van der Waals surface area (Å²) in [6, 6.07) is 2.08. The molecule has 0 aliphatic carbocycles. The summed E-state index contributed by atoms with van der Waals surface area (Å²) in [5.74, 6) is 0. The molecular weight excluding hydrogens is 240 g/mol. The van der Waals surface area contributed by atoms with Gasteiger partial charge in [-0.3, -0.25) is 14.3 Å². The molecule has 102 valence electrons. The van der Waals surface area contributed by atoms with Gasteiger partial charge in [0.1, 0.15) is 0 Å². The Balaban J connectivity index is 2.35. The van der Waals surface area contributed by atoms with Gasteiger partial charge in [0, 0.05) is 18.8 Å². The van der Waals surface area contributed by atoms with Crippen LogP contribution in [0.5, 0.6) is 0 Å². The number of hydrogen-bond donors (Lipinski definition) is 0. The van der Waals surface area contributed by atoms with Crippen molar-refractivity contribution in [3.8, 4) is 0 Å². The van der Waals surface area contributed by atoms with E-state index in [4.69, 9.17) is 0 Å². The van der Waals surface area contributed by atoms with E-state index in [-0.39, 0.29) is 5.56 Å². The maximum Gasteiger partial charge on any atom is 0.261 e. The minimum Gasteiger partial charge on any atom is -0.305 e. The summed E-state index contributed by atoms with van der Waals surface area (Å²) in [6.45, 7) is 2.83. The molecule has 5 nitrogen and oxygen atoms in total. The Kier molecular flexibility index (Phi) is 4.27. The molecule has 1 atom stereocenters. The number of likely N-dealkylation sites (N-methyl/N-ethyl adjacent to an activating group) is 1. The molecule has 1 unspecified atom stereocenters. The first-order valence-electron chi connectivity index (χ1n) is 6.59. The van der Waals surface area contributed by atoms with Crippen LogP contribution in [0.3, 0.4) is 0 Å². The van der Waals surface area contributed by atoms with Gasteiger partial charge in [0.15, 0.2) is 0 Å². The van der Waals surface area contributed by atoms with Gasteiger partial charge in [-0.15, -0.1) is 0 Å². The molecule has 2 aromatic heterocycles. The lowest BCUT2D eigenvalue weighted by molar-refractivity contribution is 0.246. The Morgan fingerprint density at radius 1 is 1.42 bits per heavy atom. The van der Waals surface area contributed by atoms with Crippen molar-refractivity contribution < 1.29 is 0 Å². The van der Waals surface area contributed by atoms with Crippen LogP contribution in [0.2, 0.25) is 0 Å².